The summed E-state index contributed by atoms with van der Waals surface area (Å²) in [7, 11) is 0. The van der Waals surface area contributed by atoms with Gasteiger partial charge in [0.2, 0.25) is 11.7 Å². The van der Waals surface area contributed by atoms with Gasteiger partial charge in [0.05, 0.1) is 18.6 Å². The van der Waals surface area contributed by atoms with Crippen molar-refractivity contribution in [2.24, 2.45) is 0 Å². The lowest BCUT2D eigenvalue weighted by Crippen LogP contribution is -2.19. The fourth-order valence-electron chi connectivity index (χ4n) is 2.30. The number of hydrogen-bond donors (Lipinski definition) is 1. The van der Waals surface area contributed by atoms with Crippen LogP contribution in [0.15, 0.2) is 0 Å². The first-order valence-corrected chi connectivity index (χ1v) is 8.48. The highest BCUT2D eigenvalue weighted by molar-refractivity contribution is 7.16. The summed E-state index contributed by atoms with van der Waals surface area (Å²) in [6.07, 6.45) is -1.11. The molecule has 27 heavy (non-hydrogen) atoms. The molecule has 0 spiro atoms. The summed E-state index contributed by atoms with van der Waals surface area (Å²) in [6, 6.07) is 0. The highest BCUT2D eigenvalue weighted by Gasteiger charge is 2.28. The first-order valence-electron chi connectivity index (χ1n) is 7.67. The van der Waals surface area contributed by atoms with Crippen molar-refractivity contribution in [3.05, 3.63) is 50.7 Å². The minimum Gasteiger partial charge on any atom is -0.462 e. The number of benzene rings is 1. The second-order valence-corrected chi connectivity index (χ2v) is 6.71. The van der Waals surface area contributed by atoms with Crippen molar-refractivity contribution in [3.63, 3.8) is 0 Å². The number of halogens is 5. The normalized spacial score (nSPS) is 10.8. The van der Waals surface area contributed by atoms with Crippen LogP contribution in [-0.2, 0) is 16.0 Å². The van der Waals surface area contributed by atoms with E-state index in [2.05, 4.69) is 5.32 Å². The summed E-state index contributed by atoms with van der Waals surface area (Å²) in [6.45, 7) is 4.99. The third-order valence-corrected chi connectivity index (χ3v) is 4.88. The Kier molecular flexibility index (Phi) is 6.19. The quantitative estimate of drug-likeness (QED) is 0.346. The Morgan fingerprint density at radius 2 is 1.48 bits per heavy atom. The van der Waals surface area contributed by atoms with Crippen LogP contribution < -0.4 is 5.32 Å². The molecule has 0 aliphatic rings. The molecular formula is C17H14F5NO3S. The average molecular weight is 407 g/mol. The first-order chi connectivity index (χ1) is 12.6. The fourth-order valence-corrected chi connectivity index (χ4v) is 3.37. The van der Waals surface area contributed by atoms with Gasteiger partial charge in [-0.15, -0.1) is 11.3 Å². The van der Waals surface area contributed by atoms with Crippen molar-refractivity contribution in [1.82, 2.24) is 0 Å². The number of rotatable bonds is 5. The smallest absolute Gasteiger partial charge is 0.341 e. The Morgan fingerprint density at radius 3 is 2.00 bits per heavy atom. The molecule has 0 aliphatic heterocycles. The Balaban J connectivity index is 2.33. The van der Waals surface area contributed by atoms with Crippen molar-refractivity contribution in [1.29, 1.82) is 0 Å². The third kappa shape index (κ3) is 3.95. The van der Waals surface area contributed by atoms with E-state index in [-0.39, 0.29) is 17.2 Å². The highest BCUT2D eigenvalue weighted by Crippen LogP contribution is 2.33. The summed E-state index contributed by atoms with van der Waals surface area (Å²) in [4.78, 5) is 24.9. The molecule has 1 N–H and O–H groups in total. The molecule has 4 nitrogen and oxygen atoms in total. The van der Waals surface area contributed by atoms with Crippen molar-refractivity contribution >= 4 is 28.2 Å². The molecule has 146 valence electrons. The number of aryl methyl sites for hydroxylation is 1. The van der Waals surface area contributed by atoms with E-state index < -0.39 is 52.9 Å². The molecule has 1 aromatic carbocycles. The molecular weight excluding hydrogens is 393 g/mol. The average Bonchev–Trinajstić information content (AvgIpc) is 2.89. The van der Waals surface area contributed by atoms with E-state index in [4.69, 9.17) is 4.74 Å². The largest absolute Gasteiger partial charge is 0.462 e. The van der Waals surface area contributed by atoms with Crippen LogP contribution in [0.25, 0.3) is 0 Å². The molecule has 2 aromatic rings. The van der Waals surface area contributed by atoms with Crippen LogP contribution in [0.3, 0.4) is 0 Å². The van der Waals surface area contributed by atoms with Crippen molar-refractivity contribution < 1.29 is 36.3 Å². The van der Waals surface area contributed by atoms with Gasteiger partial charge in [-0.1, -0.05) is 0 Å². The predicted molar refractivity (Wildman–Crippen MR) is 88.3 cm³/mol. The number of carbonyl (C=O) groups excluding carboxylic acids is 2. The van der Waals surface area contributed by atoms with Crippen LogP contribution >= 0.6 is 11.3 Å². The zero-order chi connectivity index (χ0) is 20.5. The van der Waals surface area contributed by atoms with Gasteiger partial charge in [-0.3, -0.25) is 4.79 Å². The van der Waals surface area contributed by atoms with Crippen molar-refractivity contribution in [3.8, 4) is 0 Å². The van der Waals surface area contributed by atoms with Crippen LogP contribution in [0.5, 0.6) is 0 Å². The highest BCUT2D eigenvalue weighted by atomic mass is 32.1. The molecule has 0 saturated carbocycles. The Morgan fingerprint density at radius 1 is 0.963 bits per heavy atom. The van der Waals surface area contributed by atoms with E-state index in [9.17, 15) is 31.5 Å². The molecule has 0 bridgehead atoms. The number of ether oxygens (including phenoxy) is 1. The molecule has 0 aliphatic carbocycles. The van der Waals surface area contributed by atoms with Gasteiger partial charge in [0.1, 0.15) is 5.00 Å². The standard InChI is InChI=1S/C17H14F5NO3S/c1-4-26-17(25)10-6(2)7(3)27-16(10)23-9(24)5-8-11(18)13(20)15(22)14(21)12(8)19/h4-5H2,1-3H3,(H,23,24). The summed E-state index contributed by atoms with van der Waals surface area (Å²) in [5, 5.41) is 2.34. The Bertz CT molecular complexity index is 897. The van der Waals surface area contributed by atoms with E-state index in [1.165, 1.54) is 0 Å². The molecule has 0 radical (unpaired) electrons. The van der Waals surface area contributed by atoms with Gasteiger partial charge in [-0.2, -0.15) is 0 Å². The van der Waals surface area contributed by atoms with Crippen LogP contribution in [0.2, 0.25) is 0 Å². The van der Waals surface area contributed by atoms with Gasteiger partial charge < -0.3 is 10.1 Å². The van der Waals surface area contributed by atoms with E-state index >= 15 is 0 Å². The maximum Gasteiger partial charge on any atom is 0.341 e. The van der Waals surface area contributed by atoms with E-state index in [1.807, 2.05) is 0 Å². The van der Waals surface area contributed by atoms with Crippen molar-refractivity contribution in [2.75, 3.05) is 11.9 Å². The summed E-state index contributed by atoms with van der Waals surface area (Å²) in [5.41, 5.74) is -0.637. The summed E-state index contributed by atoms with van der Waals surface area (Å²) < 4.78 is 71.9. The molecule has 0 fully saturated rings. The monoisotopic (exact) mass is 407 g/mol. The van der Waals surface area contributed by atoms with Crippen LogP contribution in [0, 0.1) is 42.9 Å². The number of thiophene rings is 1. The fraction of sp³-hybridized carbons (Fsp3) is 0.294. The second kappa shape index (κ2) is 8.03. The van der Waals surface area contributed by atoms with Gasteiger partial charge >= 0.3 is 5.97 Å². The van der Waals surface area contributed by atoms with Gasteiger partial charge in [-0.05, 0) is 26.3 Å². The minimum atomic E-state index is -2.30. The predicted octanol–water partition coefficient (Wildman–Crippen LogP) is 4.42. The minimum absolute atomic E-state index is 0.0670. The number of amides is 1. The molecule has 10 heteroatoms. The van der Waals surface area contributed by atoms with Gasteiger partial charge in [-0.25, -0.2) is 26.7 Å². The molecule has 2 rings (SSSR count). The SMILES string of the molecule is CCOC(=O)c1c(NC(=O)Cc2c(F)c(F)c(F)c(F)c2F)sc(C)c1C. The van der Waals surface area contributed by atoms with Crippen LogP contribution in [0.4, 0.5) is 27.0 Å². The van der Waals surface area contributed by atoms with Crippen molar-refractivity contribution in [2.45, 2.75) is 27.2 Å². The van der Waals surface area contributed by atoms with Gasteiger partial charge in [0, 0.05) is 10.4 Å². The Hall–Kier alpha value is -2.49. The van der Waals surface area contributed by atoms with Crippen LogP contribution in [0.1, 0.15) is 33.3 Å². The molecule has 0 saturated heterocycles. The molecule has 0 atom stereocenters. The number of nitrogens with one attached hydrogen (secondary N) is 1. The Labute approximate surface area is 154 Å². The summed E-state index contributed by atoms with van der Waals surface area (Å²) >= 11 is 1.02. The molecule has 0 unspecified atom stereocenters. The number of anilines is 1. The maximum absolute atomic E-state index is 13.7. The topological polar surface area (TPSA) is 55.4 Å². The number of esters is 1. The lowest BCUT2D eigenvalue weighted by Gasteiger charge is -2.09. The molecule has 1 heterocycles. The second-order valence-electron chi connectivity index (χ2n) is 5.48. The first kappa shape index (κ1) is 20.8. The zero-order valence-electron chi connectivity index (χ0n) is 14.4. The summed E-state index contributed by atoms with van der Waals surface area (Å²) in [5.74, 6) is -12.5. The molecule has 1 amide bonds. The lowest BCUT2D eigenvalue weighted by atomic mass is 10.1. The van der Waals surface area contributed by atoms with E-state index in [1.54, 1.807) is 20.8 Å². The van der Waals surface area contributed by atoms with Crippen LogP contribution in [-0.4, -0.2) is 18.5 Å². The number of hydrogen-bond acceptors (Lipinski definition) is 4. The maximum atomic E-state index is 13.7. The van der Waals surface area contributed by atoms with Gasteiger partial charge in [0.15, 0.2) is 23.3 Å². The molecule has 1 aromatic heterocycles. The van der Waals surface area contributed by atoms with E-state index in [0.717, 1.165) is 11.3 Å². The third-order valence-electron chi connectivity index (χ3n) is 3.76. The van der Waals surface area contributed by atoms with Gasteiger partial charge in [0.25, 0.3) is 0 Å². The number of carbonyl (C=O) groups is 2. The zero-order valence-corrected chi connectivity index (χ0v) is 15.3. The van der Waals surface area contributed by atoms with E-state index in [0.29, 0.717) is 10.4 Å². The lowest BCUT2D eigenvalue weighted by molar-refractivity contribution is -0.115.